The highest BCUT2D eigenvalue weighted by atomic mass is 16.5. The zero-order valence-corrected chi connectivity index (χ0v) is 9.82. The average molecular weight is 208 g/mol. The van der Waals surface area contributed by atoms with Gasteiger partial charge in [-0.05, 0) is 25.5 Å². The molecule has 0 amide bonds. The predicted molar refractivity (Wildman–Crippen MR) is 64.4 cm³/mol. The van der Waals surface area contributed by atoms with E-state index in [1.807, 2.05) is 25.2 Å². The van der Waals surface area contributed by atoms with Gasteiger partial charge in [-0.15, -0.1) is 0 Å². The molecule has 0 spiro atoms. The predicted octanol–water partition coefficient (Wildman–Crippen LogP) is 3.59. The van der Waals surface area contributed by atoms with Gasteiger partial charge in [0.2, 0.25) is 0 Å². The summed E-state index contributed by atoms with van der Waals surface area (Å²) in [5.41, 5.74) is 0. The molecule has 0 aromatic rings. The molecule has 2 heteroatoms. The third-order valence-corrected chi connectivity index (χ3v) is 1.63. The van der Waals surface area contributed by atoms with Crippen LogP contribution < -0.4 is 0 Å². The minimum atomic E-state index is 0.682. The maximum Gasteiger partial charge on any atom is 0.161 e. The lowest BCUT2D eigenvalue weighted by molar-refractivity contribution is 0.176. The van der Waals surface area contributed by atoms with Crippen molar-refractivity contribution in [3.63, 3.8) is 0 Å². The number of hydrogen-bond acceptors (Lipinski definition) is 2. The van der Waals surface area contributed by atoms with Gasteiger partial charge in [0, 0.05) is 0 Å². The average Bonchev–Trinajstić information content (AvgIpc) is 2.27. The van der Waals surface area contributed by atoms with Crippen LogP contribution in [-0.4, -0.2) is 13.7 Å². The van der Waals surface area contributed by atoms with Crippen molar-refractivity contribution < 1.29 is 9.47 Å². The first-order valence-corrected chi connectivity index (χ1v) is 5.13. The van der Waals surface area contributed by atoms with Crippen LogP contribution in [0.2, 0.25) is 0 Å². The lowest BCUT2D eigenvalue weighted by Gasteiger charge is -2.11. The number of methoxy groups -OCH3 is 1. The Labute approximate surface area is 92.6 Å². The number of hydrogen-bond donors (Lipinski definition) is 0. The van der Waals surface area contributed by atoms with Crippen LogP contribution in [0.5, 0.6) is 0 Å². The van der Waals surface area contributed by atoms with E-state index in [9.17, 15) is 0 Å². The molecule has 0 aliphatic heterocycles. The highest BCUT2D eigenvalue weighted by molar-refractivity contribution is 5.27. The van der Waals surface area contributed by atoms with Crippen molar-refractivity contribution in [3.05, 3.63) is 48.5 Å². The second kappa shape index (κ2) is 9.13. The van der Waals surface area contributed by atoms with E-state index in [2.05, 4.69) is 13.5 Å². The van der Waals surface area contributed by atoms with Crippen molar-refractivity contribution in [2.45, 2.75) is 20.3 Å². The molecule has 2 nitrogen and oxygen atoms in total. The van der Waals surface area contributed by atoms with E-state index in [1.54, 1.807) is 19.3 Å². The van der Waals surface area contributed by atoms with Crippen molar-refractivity contribution in [1.29, 1.82) is 0 Å². The van der Waals surface area contributed by atoms with Gasteiger partial charge in [0.05, 0.1) is 13.7 Å². The molecule has 0 aromatic carbocycles. The Bertz CT molecular complexity index is 260. The summed E-state index contributed by atoms with van der Waals surface area (Å²) in [4.78, 5) is 0. The number of ether oxygens (including phenoxy) is 2. The summed E-state index contributed by atoms with van der Waals surface area (Å²) in [7, 11) is 1.62. The molecule has 0 saturated heterocycles. The first kappa shape index (κ1) is 13.6. The minimum absolute atomic E-state index is 0.682. The third kappa shape index (κ3) is 5.78. The smallest absolute Gasteiger partial charge is 0.161 e. The quantitative estimate of drug-likeness (QED) is 0.470. The van der Waals surface area contributed by atoms with Crippen molar-refractivity contribution >= 4 is 0 Å². The summed E-state index contributed by atoms with van der Waals surface area (Å²) in [5, 5.41) is 0. The van der Waals surface area contributed by atoms with Gasteiger partial charge in [-0.25, -0.2) is 0 Å². The molecule has 0 bridgehead atoms. The number of rotatable bonds is 7. The Morgan fingerprint density at radius 1 is 1.27 bits per heavy atom. The van der Waals surface area contributed by atoms with Crippen LogP contribution in [0.1, 0.15) is 20.3 Å². The molecule has 0 fully saturated rings. The summed E-state index contributed by atoms with van der Waals surface area (Å²) in [6.45, 7) is 8.34. The zero-order valence-electron chi connectivity index (χ0n) is 9.82. The molecule has 0 heterocycles. The maximum atomic E-state index is 5.57. The highest BCUT2D eigenvalue weighted by Gasteiger charge is 2.04. The van der Waals surface area contributed by atoms with E-state index >= 15 is 0 Å². The largest absolute Gasteiger partial charge is 0.493 e. The van der Waals surface area contributed by atoms with Gasteiger partial charge in [0.1, 0.15) is 0 Å². The van der Waals surface area contributed by atoms with Gasteiger partial charge < -0.3 is 9.47 Å². The van der Waals surface area contributed by atoms with Crippen molar-refractivity contribution in [2.24, 2.45) is 0 Å². The SMILES string of the molecule is C=C\C=C(OC)/C(=C\C=C/C)OCCC. The van der Waals surface area contributed by atoms with Crippen molar-refractivity contribution in [3.8, 4) is 0 Å². The van der Waals surface area contributed by atoms with Crippen LogP contribution in [0.25, 0.3) is 0 Å². The first-order valence-electron chi connectivity index (χ1n) is 5.13. The van der Waals surface area contributed by atoms with Crippen LogP contribution >= 0.6 is 0 Å². The molecule has 0 radical (unpaired) electrons. The van der Waals surface area contributed by atoms with E-state index in [0.29, 0.717) is 12.4 Å². The number of allylic oxidation sites excluding steroid dienone is 5. The Balaban J connectivity index is 4.73. The standard InChI is InChI=1S/C13H20O2/c1-5-8-10-13(15-11-7-3)12(14-4)9-6-2/h5-6,8-10H,2,7,11H2,1,3-4H3/b8-5-,12-9+,13-10+. The molecular weight excluding hydrogens is 188 g/mol. The van der Waals surface area contributed by atoms with Crippen LogP contribution in [-0.2, 0) is 9.47 Å². The molecule has 15 heavy (non-hydrogen) atoms. The maximum absolute atomic E-state index is 5.57. The Morgan fingerprint density at radius 2 is 2.00 bits per heavy atom. The molecule has 0 aliphatic rings. The van der Waals surface area contributed by atoms with Crippen LogP contribution in [0.3, 0.4) is 0 Å². The molecule has 0 N–H and O–H groups in total. The van der Waals surface area contributed by atoms with E-state index < -0.39 is 0 Å². The van der Waals surface area contributed by atoms with Gasteiger partial charge in [-0.3, -0.25) is 0 Å². The van der Waals surface area contributed by atoms with Gasteiger partial charge in [0.15, 0.2) is 11.5 Å². The molecule has 84 valence electrons. The summed E-state index contributed by atoms with van der Waals surface area (Å²) < 4.78 is 10.8. The van der Waals surface area contributed by atoms with E-state index in [4.69, 9.17) is 9.47 Å². The fourth-order valence-corrected chi connectivity index (χ4v) is 0.955. The Morgan fingerprint density at radius 3 is 2.47 bits per heavy atom. The van der Waals surface area contributed by atoms with Crippen LogP contribution in [0.4, 0.5) is 0 Å². The van der Waals surface area contributed by atoms with E-state index in [1.165, 1.54) is 0 Å². The lowest BCUT2D eigenvalue weighted by Crippen LogP contribution is -1.99. The second-order valence-electron chi connectivity index (χ2n) is 2.88. The summed E-state index contributed by atoms with van der Waals surface area (Å²) in [5.74, 6) is 1.42. The van der Waals surface area contributed by atoms with Crippen LogP contribution in [0, 0.1) is 0 Å². The topological polar surface area (TPSA) is 18.5 Å². The van der Waals surface area contributed by atoms with Crippen molar-refractivity contribution in [1.82, 2.24) is 0 Å². The minimum Gasteiger partial charge on any atom is -0.493 e. The zero-order chi connectivity index (χ0) is 11.5. The first-order chi connectivity index (χ1) is 7.29. The normalized spacial score (nSPS) is 13.0. The molecular formula is C13H20O2. The fraction of sp³-hybridized carbons (Fsp3) is 0.385. The molecule has 0 saturated carbocycles. The Hall–Kier alpha value is -1.44. The third-order valence-electron chi connectivity index (χ3n) is 1.63. The lowest BCUT2D eigenvalue weighted by atomic mass is 10.3. The molecule has 0 rings (SSSR count). The summed E-state index contributed by atoms with van der Waals surface area (Å²) >= 11 is 0. The second-order valence-corrected chi connectivity index (χ2v) is 2.88. The molecule has 0 aromatic heterocycles. The van der Waals surface area contributed by atoms with Gasteiger partial charge in [-0.1, -0.05) is 31.7 Å². The van der Waals surface area contributed by atoms with Crippen molar-refractivity contribution in [2.75, 3.05) is 13.7 Å². The molecule has 0 unspecified atom stereocenters. The highest BCUT2D eigenvalue weighted by Crippen LogP contribution is 2.13. The molecule has 0 aliphatic carbocycles. The monoisotopic (exact) mass is 208 g/mol. The summed E-state index contributed by atoms with van der Waals surface area (Å²) in [6, 6.07) is 0. The van der Waals surface area contributed by atoms with E-state index in [0.717, 1.165) is 12.2 Å². The Kier molecular flexibility index (Phi) is 8.25. The fourth-order valence-electron chi connectivity index (χ4n) is 0.955. The van der Waals surface area contributed by atoms with E-state index in [-0.39, 0.29) is 0 Å². The summed E-state index contributed by atoms with van der Waals surface area (Å²) in [6.07, 6.45) is 10.2. The van der Waals surface area contributed by atoms with Gasteiger partial charge >= 0.3 is 0 Å². The van der Waals surface area contributed by atoms with Gasteiger partial charge in [-0.2, -0.15) is 0 Å². The van der Waals surface area contributed by atoms with Gasteiger partial charge in [0.25, 0.3) is 0 Å². The molecule has 0 atom stereocenters. The van der Waals surface area contributed by atoms with Crippen LogP contribution in [0.15, 0.2) is 48.5 Å².